The van der Waals surface area contributed by atoms with Crippen molar-refractivity contribution in [2.24, 2.45) is 5.73 Å². The van der Waals surface area contributed by atoms with Crippen LogP contribution in [0.5, 0.6) is 11.5 Å². The minimum atomic E-state index is 0.0413. The fraction of sp³-hybridized carbons (Fsp3) is 0.417. The van der Waals surface area contributed by atoms with Gasteiger partial charge in [-0.15, -0.1) is 0 Å². The Bertz CT molecular complexity index is 382. The number of Topliss-reactive ketones (excluding diaryl/α,β-unsaturated/α-hetero) is 1. The predicted octanol–water partition coefficient (Wildman–Crippen LogP) is 2.39. The summed E-state index contributed by atoms with van der Waals surface area (Å²) in [5.74, 6) is 1.21. The van der Waals surface area contributed by atoms with E-state index in [0.29, 0.717) is 40.9 Å². The second-order valence-corrected chi connectivity index (χ2v) is 4.30. The number of benzene rings is 1. The van der Waals surface area contributed by atoms with Crippen molar-refractivity contribution in [3.63, 3.8) is 0 Å². The minimum Gasteiger partial charge on any atom is -0.495 e. The summed E-state index contributed by atoms with van der Waals surface area (Å²) in [5.41, 5.74) is 5.96. The van der Waals surface area contributed by atoms with Gasteiger partial charge in [-0.05, 0) is 41.0 Å². The first-order valence-corrected chi connectivity index (χ1v) is 6.08. The van der Waals surface area contributed by atoms with Crippen LogP contribution in [0, 0.1) is 0 Å². The molecule has 0 fully saturated rings. The molecular weight excluding hydrogens is 286 g/mol. The summed E-state index contributed by atoms with van der Waals surface area (Å²) in [5, 5.41) is 0. The fourth-order valence-electron chi connectivity index (χ4n) is 1.44. The molecule has 1 rings (SSSR count). The van der Waals surface area contributed by atoms with E-state index in [9.17, 15) is 4.79 Å². The molecule has 5 heteroatoms. The Kier molecular flexibility index (Phi) is 5.44. The van der Waals surface area contributed by atoms with Crippen LogP contribution < -0.4 is 15.2 Å². The molecule has 0 heterocycles. The zero-order valence-electron chi connectivity index (χ0n) is 9.96. The quantitative estimate of drug-likeness (QED) is 0.820. The zero-order valence-corrected chi connectivity index (χ0v) is 11.5. The number of halogens is 1. The SMILES string of the molecule is COc1cc(C(=O)CCCN)cc(OC)c1Br. The predicted molar refractivity (Wildman–Crippen MR) is 69.9 cm³/mol. The Morgan fingerprint density at radius 1 is 1.29 bits per heavy atom. The molecule has 0 atom stereocenters. The van der Waals surface area contributed by atoms with Crippen LogP contribution >= 0.6 is 15.9 Å². The number of ketones is 1. The second kappa shape index (κ2) is 6.61. The normalized spacial score (nSPS) is 10.1. The lowest BCUT2D eigenvalue weighted by Gasteiger charge is -2.10. The number of carbonyl (C=O) groups is 1. The molecule has 0 aromatic heterocycles. The summed E-state index contributed by atoms with van der Waals surface area (Å²) in [6, 6.07) is 3.40. The van der Waals surface area contributed by atoms with Crippen LogP contribution in [0.15, 0.2) is 16.6 Å². The molecule has 0 aliphatic rings. The van der Waals surface area contributed by atoms with Crippen molar-refractivity contribution in [2.75, 3.05) is 20.8 Å². The first-order chi connectivity index (χ1) is 8.13. The van der Waals surface area contributed by atoms with Crippen LogP contribution in [0.3, 0.4) is 0 Å². The number of carbonyl (C=O) groups excluding carboxylic acids is 1. The van der Waals surface area contributed by atoms with Crippen LogP contribution in [0.2, 0.25) is 0 Å². The number of hydrogen-bond donors (Lipinski definition) is 1. The first kappa shape index (κ1) is 14.0. The molecule has 0 unspecified atom stereocenters. The number of methoxy groups -OCH3 is 2. The summed E-state index contributed by atoms with van der Waals surface area (Å²) in [6.07, 6.45) is 1.12. The maximum atomic E-state index is 11.9. The third kappa shape index (κ3) is 3.44. The lowest BCUT2D eigenvalue weighted by Crippen LogP contribution is -2.05. The van der Waals surface area contributed by atoms with Crippen molar-refractivity contribution >= 4 is 21.7 Å². The van der Waals surface area contributed by atoms with Gasteiger partial charge in [0, 0.05) is 12.0 Å². The lowest BCUT2D eigenvalue weighted by molar-refractivity contribution is 0.0980. The summed E-state index contributed by atoms with van der Waals surface area (Å²) in [4.78, 5) is 11.9. The van der Waals surface area contributed by atoms with Gasteiger partial charge in [0.05, 0.1) is 14.2 Å². The van der Waals surface area contributed by atoms with Gasteiger partial charge in [0.1, 0.15) is 16.0 Å². The summed E-state index contributed by atoms with van der Waals surface area (Å²) in [6.45, 7) is 0.510. The number of rotatable bonds is 6. The third-order valence-corrected chi connectivity index (χ3v) is 3.16. The fourth-order valence-corrected chi connectivity index (χ4v) is 1.99. The molecule has 17 heavy (non-hydrogen) atoms. The van der Waals surface area contributed by atoms with Gasteiger partial charge in [0.25, 0.3) is 0 Å². The van der Waals surface area contributed by atoms with Gasteiger partial charge in [0.2, 0.25) is 0 Å². The van der Waals surface area contributed by atoms with E-state index in [-0.39, 0.29) is 5.78 Å². The standard InChI is InChI=1S/C12H16BrNO3/c1-16-10-6-8(9(15)4-3-5-14)7-11(17-2)12(10)13/h6-7H,3-5,14H2,1-2H3. The smallest absolute Gasteiger partial charge is 0.163 e. The maximum absolute atomic E-state index is 11.9. The zero-order chi connectivity index (χ0) is 12.8. The molecule has 1 aromatic carbocycles. The molecule has 94 valence electrons. The van der Waals surface area contributed by atoms with Gasteiger partial charge in [-0.1, -0.05) is 0 Å². The summed E-state index contributed by atoms with van der Waals surface area (Å²) < 4.78 is 11.1. The van der Waals surface area contributed by atoms with Gasteiger partial charge in [-0.25, -0.2) is 0 Å². The van der Waals surface area contributed by atoms with Crippen LogP contribution in [0.1, 0.15) is 23.2 Å². The van der Waals surface area contributed by atoms with E-state index < -0.39 is 0 Å². The Hall–Kier alpha value is -1.07. The van der Waals surface area contributed by atoms with Gasteiger partial charge < -0.3 is 15.2 Å². The Morgan fingerprint density at radius 3 is 2.24 bits per heavy atom. The van der Waals surface area contributed by atoms with E-state index in [1.807, 2.05) is 0 Å². The average molecular weight is 302 g/mol. The molecule has 0 radical (unpaired) electrons. The van der Waals surface area contributed by atoms with Crippen molar-refractivity contribution in [1.82, 2.24) is 0 Å². The maximum Gasteiger partial charge on any atom is 0.163 e. The topological polar surface area (TPSA) is 61.5 Å². The highest BCUT2D eigenvalue weighted by molar-refractivity contribution is 9.10. The highest BCUT2D eigenvalue weighted by atomic mass is 79.9. The van der Waals surface area contributed by atoms with E-state index in [1.54, 1.807) is 26.4 Å². The summed E-state index contributed by atoms with van der Waals surface area (Å²) in [7, 11) is 3.10. The molecule has 0 amide bonds. The summed E-state index contributed by atoms with van der Waals surface area (Å²) >= 11 is 3.36. The van der Waals surface area contributed by atoms with E-state index in [1.165, 1.54) is 0 Å². The highest BCUT2D eigenvalue weighted by Gasteiger charge is 2.14. The monoisotopic (exact) mass is 301 g/mol. The van der Waals surface area contributed by atoms with Crippen molar-refractivity contribution in [2.45, 2.75) is 12.8 Å². The van der Waals surface area contributed by atoms with Crippen LogP contribution in [0.4, 0.5) is 0 Å². The molecule has 4 nitrogen and oxygen atoms in total. The van der Waals surface area contributed by atoms with E-state index in [2.05, 4.69) is 15.9 Å². The number of nitrogens with two attached hydrogens (primary N) is 1. The second-order valence-electron chi connectivity index (χ2n) is 3.51. The molecule has 2 N–H and O–H groups in total. The molecular formula is C12H16BrNO3. The van der Waals surface area contributed by atoms with Gasteiger partial charge >= 0.3 is 0 Å². The van der Waals surface area contributed by atoms with Gasteiger partial charge in [-0.3, -0.25) is 4.79 Å². The molecule has 0 spiro atoms. The molecule has 0 saturated heterocycles. The lowest BCUT2D eigenvalue weighted by atomic mass is 10.1. The van der Waals surface area contributed by atoms with Crippen molar-refractivity contribution in [1.29, 1.82) is 0 Å². The average Bonchev–Trinajstić information content (AvgIpc) is 2.36. The van der Waals surface area contributed by atoms with Crippen molar-refractivity contribution in [3.8, 4) is 11.5 Å². The Labute approximate surface area is 109 Å². The van der Waals surface area contributed by atoms with Crippen molar-refractivity contribution in [3.05, 3.63) is 22.2 Å². The third-order valence-electron chi connectivity index (χ3n) is 2.38. The van der Waals surface area contributed by atoms with Crippen LogP contribution in [0.25, 0.3) is 0 Å². The number of hydrogen-bond acceptors (Lipinski definition) is 4. The molecule has 1 aromatic rings. The van der Waals surface area contributed by atoms with E-state index >= 15 is 0 Å². The molecule has 0 bridgehead atoms. The minimum absolute atomic E-state index is 0.0413. The Balaban J connectivity index is 3.04. The van der Waals surface area contributed by atoms with E-state index in [0.717, 1.165) is 0 Å². The van der Waals surface area contributed by atoms with Crippen LogP contribution in [-0.2, 0) is 0 Å². The van der Waals surface area contributed by atoms with E-state index in [4.69, 9.17) is 15.2 Å². The molecule has 0 aliphatic heterocycles. The first-order valence-electron chi connectivity index (χ1n) is 5.28. The van der Waals surface area contributed by atoms with Gasteiger partial charge in [-0.2, -0.15) is 0 Å². The number of ether oxygens (including phenoxy) is 2. The van der Waals surface area contributed by atoms with Crippen LogP contribution in [-0.4, -0.2) is 26.5 Å². The highest BCUT2D eigenvalue weighted by Crippen LogP contribution is 2.35. The van der Waals surface area contributed by atoms with Gasteiger partial charge in [0.15, 0.2) is 5.78 Å². The molecule has 0 aliphatic carbocycles. The largest absolute Gasteiger partial charge is 0.495 e. The Morgan fingerprint density at radius 2 is 1.82 bits per heavy atom. The van der Waals surface area contributed by atoms with Crippen molar-refractivity contribution < 1.29 is 14.3 Å². The molecule has 0 saturated carbocycles.